The van der Waals surface area contributed by atoms with Gasteiger partial charge < -0.3 is 14.6 Å². The number of aromatic nitrogens is 2. The van der Waals surface area contributed by atoms with E-state index in [4.69, 9.17) is 9.26 Å². The molecule has 102 valence electrons. The molecule has 0 saturated carbocycles. The molecule has 0 spiro atoms. The average molecular weight is 253 g/mol. The third kappa shape index (κ3) is 2.57. The number of hydrogen-bond acceptors (Lipinski definition) is 5. The topological polar surface area (TPSA) is 60.2 Å². The molecular formula is C13H23N3O2. The molecule has 2 rings (SSSR count). The zero-order chi connectivity index (χ0) is 13.0. The maximum atomic E-state index is 5.61. The SMILES string of the molecule is CCC(CC)(OC)c1noc(CC2CCCN2)n1. The summed E-state index contributed by atoms with van der Waals surface area (Å²) in [5.74, 6) is 1.40. The lowest BCUT2D eigenvalue weighted by Crippen LogP contribution is -2.28. The number of nitrogens with zero attached hydrogens (tertiary/aromatic N) is 2. The van der Waals surface area contributed by atoms with Gasteiger partial charge in [-0.2, -0.15) is 4.98 Å². The Labute approximate surface area is 108 Å². The zero-order valence-corrected chi connectivity index (χ0v) is 11.5. The number of ether oxygens (including phenoxy) is 1. The maximum absolute atomic E-state index is 5.61. The van der Waals surface area contributed by atoms with E-state index in [9.17, 15) is 0 Å². The molecule has 0 amide bonds. The monoisotopic (exact) mass is 253 g/mol. The van der Waals surface area contributed by atoms with Crippen LogP contribution in [0.2, 0.25) is 0 Å². The number of methoxy groups -OCH3 is 1. The Balaban J connectivity index is 2.08. The van der Waals surface area contributed by atoms with E-state index in [-0.39, 0.29) is 0 Å². The lowest BCUT2D eigenvalue weighted by atomic mass is 9.96. The molecule has 0 aromatic carbocycles. The molecule has 1 aliphatic heterocycles. The molecule has 5 heteroatoms. The second-order valence-corrected chi connectivity index (χ2v) is 4.91. The van der Waals surface area contributed by atoms with Crippen LogP contribution in [0.4, 0.5) is 0 Å². The van der Waals surface area contributed by atoms with Crippen LogP contribution in [0.5, 0.6) is 0 Å². The van der Waals surface area contributed by atoms with Gasteiger partial charge in [-0.25, -0.2) is 0 Å². The van der Waals surface area contributed by atoms with E-state index in [1.807, 2.05) is 0 Å². The third-order valence-corrected chi connectivity index (χ3v) is 3.99. The molecule has 1 aliphatic rings. The van der Waals surface area contributed by atoms with Crippen LogP contribution in [0.25, 0.3) is 0 Å². The number of rotatable bonds is 6. The first kappa shape index (κ1) is 13.5. The lowest BCUT2D eigenvalue weighted by molar-refractivity contribution is -0.0306. The van der Waals surface area contributed by atoms with Crippen molar-refractivity contribution in [2.75, 3.05) is 13.7 Å². The fourth-order valence-corrected chi connectivity index (χ4v) is 2.61. The summed E-state index contributed by atoms with van der Waals surface area (Å²) >= 11 is 0. The van der Waals surface area contributed by atoms with Crippen molar-refractivity contribution in [1.29, 1.82) is 0 Å². The van der Waals surface area contributed by atoms with Crippen LogP contribution >= 0.6 is 0 Å². The van der Waals surface area contributed by atoms with E-state index in [1.54, 1.807) is 7.11 Å². The van der Waals surface area contributed by atoms with E-state index in [2.05, 4.69) is 29.3 Å². The molecule has 18 heavy (non-hydrogen) atoms. The minimum atomic E-state index is -0.398. The third-order valence-electron chi connectivity index (χ3n) is 3.99. The summed E-state index contributed by atoms with van der Waals surface area (Å²) in [5, 5.41) is 7.54. The summed E-state index contributed by atoms with van der Waals surface area (Å²) in [5.41, 5.74) is -0.398. The van der Waals surface area contributed by atoms with Crippen LogP contribution in [0, 0.1) is 0 Å². The van der Waals surface area contributed by atoms with Crippen LogP contribution in [0.1, 0.15) is 51.2 Å². The summed E-state index contributed by atoms with van der Waals surface area (Å²) < 4.78 is 11.0. The van der Waals surface area contributed by atoms with E-state index in [0.29, 0.717) is 17.8 Å². The van der Waals surface area contributed by atoms with Crippen LogP contribution < -0.4 is 5.32 Å². The molecule has 2 heterocycles. The minimum absolute atomic E-state index is 0.398. The first-order valence-electron chi connectivity index (χ1n) is 6.85. The van der Waals surface area contributed by atoms with Gasteiger partial charge >= 0.3 is 0 Å². The van der Waals surface area contributed by atoms with Crippen LogP contribution in [0.3, 0.4) is 0 Å². The molecule has 1 unspecified atom stereocenters. The highest BCUT2D eigenvalue weighted by atomic mass is 16.5. The molecule has 1 N–H and O–H groups in total. The average Bonchev–Trinajstić information content (AvgIpc) is 3.05. The van der Waals surface area contributed by atoms with Crippen molar-refractivity contribution in [3.63, 3.8) is 0 Å². The van der Waals surface area contributed by atoms with E-state index < -0.39 is 5.60 Å². The molecule has 1 aromatic rings. The summed E-state index contributed by atoms with van der Waals surface area (Å²) in [6, 6.07) is 0.485. The quantitative estimate of drug-likeness (QED) is 0.840. The van der Waals surface area contributed by atoms with Gasteiger partial charge in [-0.15, -0.1) is 0 Å². The van der Waals surface area contributed by atoms with Gasteiger partial charge in [0.05, 0.1) is 0 Å². The van der Waals surface area contributed by atoms with Gasteiger partial charge in [0.15, 0.2) is 0 Å². The Morgan fingerprint density at radius 1 is 1.44 bits per heavy atom. The fourth-order valence-electron chi connectivity index (χ4n) is 2.61. The van der Waals surface area contributed by atoms with Gasteiger partial charge in [-0.05, 0) is 32.2 Å². The van der Waals surface area contributed by atoms with E-state index in [0.717, 1.165) is 25.8 Å². The summed E-state index contributed by atoms with van der Waals surface area (Å²) in [7, 11) is 1.71. The summed E-state index contributed by atoms with van der Waals surface area (Å²) in [6.45, 7) is 5.26. The lowest BCUT2D eigenvalue weighted by Gasteiger charge is -2.25. The Morgan fingerprint density at radius 2 is 2.22 bits per heavy atom. The Hall–Kier alpha value is -0.940. The van der Waals surface area contributed by atoms with Crippen molar-refractivity contribution in [1.82, 2.24) is 15.5 Å². The maximum Gasteiger partial charge on any atom is 0.228 e. The highest BCUT2D eigenvalue weighted by Gasteiger charge is 2.34. The first-order chi connectivity index (χ1) is 8.74. The summed E-state index contributed by atoms with van der Waals surface area (Å²) in [6.07, 6.45) is 4.94. The molecule has 0 aliphatic carbocycles. The second-order valence-electron chi connectivity index (χ2n) is 4.91. The first-order valence-corrected chi connectivity index (χ1v) is 6.85. The Kier molecular flexibility index (Phi) is 4.35. The molecule has 1 fully saturated rings. The molecule has 0 bridgehead atoms. The predicted octanol–water partition coefficient (Wildman–Crippen LogP) is 2.03. The van der Waals surface area contributed by atoms with Crippen LogP contribution in [-0.2, 0) is 16.8 Å². The Bertz CT molecular complexity index is 360. The number of nitrogens with one attached hydrogen (secondary N) is 1. The van der Waals surface area contributed by atoms with Crippen molar-refractivity contribution in [2.24, 2.45) is 0 Å². The van der Waals surface area contributed by atoms with Crippen molar-refractivity contribution >= 4 is 0 Å². The molecule has 0 radical (unpaired) electrons. The van der Waals surface area contributed by atoms with Gasteiger partial charge in [-0.1, -0.05) is 19.0 Å². The standard InChI is InChI=1S/C13H23N3O2/c1-4-13(5-2,17-3)12-15-11(18-16-12)9-10-7-6-8-14-10/h10,14H,4-9H2,1-3H3. The van der Waals surface area contributed by atoms with Crippen molar-refractivity contribution in [3.8, 4) is 0 Å². The van der Waals surface area contributed by atoms with Crippen LogP contribution in [-0.4, -0.2) is 29.8 Å². The van der Waals surface area contributed by atoms with Gasteiger partial charge in [0.1, 0.15) is 5.60 Å². The largest absolute Gasteiger partial charge is 0.370 e. The van der Waals surface area contributed by atoms with Crippen molar-refractivity contribution in [2.45, 2.75) is 57.6 Å². The minimum Gasteiger partial charge on any atom is -0.370 e. The van der Waals surface area contributed by atoms with Crippen molar-refractivity contribution in [3.05, 3.63) is 11.7 Å². The molecule has 5 nitrogen and oxygen atoms in total. The van der Waals surface area contributed by atoms with Crippen molar-refractivity contribution < 1.29 is 9.26 Å². The molecule has 1 atom stereocenters. The highest BCUT2D eigenvalue weighted by Crippen LogP contribution is 2.30. The zero-order valence-electron chi connectivity index (χ0n) is 11.5. The normalized spacial score (nSPS) is 20.5. The molecular weight excluding hydrogens is 230 g/mol. The number of hydrogen-bond donors (Lipinski definition) is 1. The summed E-state index contributed by atoms with van der Waals surface area (Å²) in [4.78, 5) is 4.52. The molecule has 1 saturated heterocycles. The fraction of sp³-hybridized carbons (Fsp3) is 0.846. The van der Waals surface area contributed by atoms with Gasteiger partial charge in [0.2, 0.25) is 11.7 Å². The second kappa shape index (κ2) is 5.80. The predicted molar refractivity (Wildman–Crippen MR) is 68.3 cm³/mol. The highest BCUT2D eigenvalue weighted by molar-refractivity contribution is 5.02. The van der Waals surface area contributed by atoms with Crippen LogP contribution in [0.15, 0.2) is 4.52 Å². The Morgan fingerprint density at radius 3 is 2.78 bits per heavy atom. The van der Waals surface area contributed by atoms with E-state index in [1.165, 1.54) is 12.8 Å². The smallest absolute Gasteiger partial charge is 0.228 e. The molecule has 1 aromatic heterocycles. The van der Waals surface area contributed by atoms with Gasteiger partial charge in [0, 0.05) is 19.6 Å². The van der Waals surface area contributed by atoms with E-state index >= 15 is 0 Å². The van der Waals surface area contributed by atoms with Gasteiger partial charge in [0.25, 0.3) is 0 Å². The van der Waals surface area contributed by atoms with Gasteiger partial charge in [-0.3, -0.25) is 0 Å².